The normalized spacial score (nSPS) is 23.6. The third-order valence-corrected chi connectivity index (χ3v) is 2.91. The number of carbonyl (C=O) groups is 1. The molecule has 0 bridgehead atoms. The average Bonchev–Trinajstić information content (AvgIpc) is 2.77. The fourth-order valence-corrected chi connectivity index (χ4v) is 1.91. The fraction of sp³-hybridized carbons (Fsp3) is 0.417. The molecule has 1 unspecified atom stereocenters. The van der Waals surface area contributed by atoms with Crippen molar-refractivity contribution in [3.63, 3.8) is 0 Å². The number of phenols is 1. The van der Waals surface area contributed by atoms with Crippen LogP contribution in [0, 0.1) is 0 Å². The first-order chi connectivity index (χ1) is 8.20. The molecule has 0 radical (unpaired) electrons. The number of amides is 1. The van der Waals surface area contributed by atoms with Crippen LogP contribution in [0.2, 0.25) is 0 Å². The van der Waals surface area contributed by atoms with Gasteiger partial charge < -0.3 is 20.5 Å². The lowest BCUT2D eigenvalue weighted by molar-refractivity contribution is 0.0780. The summed E-state index contributed by atoms with van der Waals surface area (Å²) < 4.78 is 5.26. The second kappa shape index (κ2) is 5.16. The first-order valence-corrected chi connectivity index (χ1v) is 5.54. The Morgan fingerprint density at radius 2 is 2.12 bits per heavy atom. The Hall–Kier alpha value is -1.59. The topological polar surface area (TPSA) is 70.6 Å². The van der Waals surface area contributed by atoms with Crippen molar-refractivity contribution < 1.29 is 14.6 Å². The molecule has 17 heavy (non-hydrogen) atoms. The maximum absolute atomic E-state index is 11.9. The molecule has 5 nitrogen and oxygen atoms in total. The largest absolute Gasteiger partial charge is 0.508 e. The van der Waals surface area contributed by atoms with Crippen molar-refractivity contribution in [3.8, 4) is 5.75 Å². The van der Waals surface area contributed by atoms with Crippen LogP contribution in [-0.2, 0) is 4.74 Å². The zero-order chi connectivity index (χ0) is 12.3. The van der Waals surface area contributed by atoms with Crippen LogP contribution in [0.15, 0.2) is 24.3 Å². The molecule has 1 aromatic carbocycles. The highest BCUT2D eigenvalue weighted by Crippen LogP contribution is 2.10. The van der Waals surface area contributed by atoms with E-state index in [0.717, 1.165) is 6.54 Å². The van der Waals surface area contributed by atoms with Gasteiger partial charge in [0.1, 0.15) is 5.75 Å². The first-order valence-electron chi connectivity index (χ1n) is 5.54. The van der Waals surface area contributed by atoms with E-state index in [-0.39, 0.29) is 23.8 Å². The van der Waals surface area contributed by atoms with Gasteiger partial charge in [0.05, 0.1) is 12.1 Å². The number of ether oxygens (including phenoxy) is 1. The Labute approximate surface area is 99.8 Å². The van der Waals surface area contributed by atoms with Gasteiger partial charge in [-0.2, -0.15) is 0 Å². The molecule has 1 saturated heterocycles. The van der Waals surface area contributed by atoms with E-state index >= 15 is 0 Å². The van der Waals surface area contributed by atoms with E-state index in [4.69, 9.17) is 9.84 Å². The number of methoxy groups -OCH3 is 1. The van der Waals surface area contributed by atoms with Crippen LogP contribution in [0.4, 0.5) is 0 Å². The number of carbonyl (C=O) groups excluding carboxylic acids is 1. The van der Waals surface area contributed by atoms with Gasteiger partial charge in [-0.05, 0) is 24.3 Å². The molecule has 0 aliphatic carbocycles. The Morgan fingerprint density at radius 1 is 1.41 bits per heavy atom. The number of benzene rings is 1. The highest BCUT2D eigenvalue weighted by atomic mass is 16.5. The fourth-order valence-electron chi connectivity index (χ4n) is 1.91. The number of rotatable bonds is 3. The monoisotopic (exact) mass is 236 g/mol. The standard InChI is InChI=1S/C12H16N2O3/c1-17-11-7-13-6-10(11)14-12(16)8-2-4-9(15)5-3-8/h2-5,10-11,13,15H,6-7H2,1H3,(H,14,16)/t10?,11-/m0/s1. The Bertz CT molecular complexity index is 391. The Kier molecular flexibility index (Phi) is 3.61. The van der Waals surface area contributed by atoms with Gasteiger partial charge in [-0.25, -0.2) is 0 Å². The van der Waals surface area contributed by atoms with Gasteiger partial charge in [0.2, 0.25) is 0 Å². The van der Waals surface area contributed by atoms with Crippen LogP contribution in [0.3, 0.4) is 0 Å². The van der Waals surface area contributed by atoms with Crippen molar-refractivity contribution in [2.45, 2.75) is 12.1 Å². The molecule has 2 atom stereocenters. The second-order valence-corrected chi connectivity index (χ2v) is 4.06. The number of hydrogen-bond donors (Lipinski definition) is 3. The molecule has 0 saturated carbocycles. The number of nitrogens with one attached hydrogen (secondary N) is 2. The van der Waals surface area contributed by atoms with Crippen molar-refractivity contribution in [1.29, 1.82) is 0 Å². The summed E-state index contributed by atoms with van der Waals surface area (Å²) in [5.41, 5.74) is 0.532. The molecule has 1 aromatic rings. The van der Waals surface area contributed by atoms with Crippen molar-refractivity contribution in [2.24, 2.45) is 0 Å². The van der Waals surface area contributed by atoms with E-state index in [2.05, 4.69) is 10.6 Å². The van der Waals surface area contributed by atoms with Crippen LogP contribution < -0.4 is 10.6 Å². The second-order valence-electron chi connectivity index (χ2n) is 4.06. The lowest BCUT2D eigenvalue weighted by Gasteiger charge is -2.18. The van der Waals surface area contributed by atoms with Crippen LogP contribution in [0.25, 0.3) is 0 Å². The van der Waals surface area contributed by atoms with E-state index in [9.17, 15) is 4.79 Å². The smallest absolute Gasteiger partial charge is 0.251 e. The highest BCUT2D eigenvalue weighted by molar-refractivity contribution is 5.94. The summed E-state index contributed by atoms with van der Waals surface area (Å²) in [6, 6.07) is 6.16. The van der Waals surface area contributed by atoms with Gasteiger partial charge in [0, 0.05) is 25.8 Å². The first kappa shape index (κ1) is 11.9. The summed E-state index contributed by atoms with van der Waals surface area (Å²) in [6.45, 7) is 1.46. The van der Waals surface area contributed by atoms with Crippen molar-refractivity contribution in [3.05, 3.63) is 29.8 Å². The summed E-state index contributed by atoms with van der Waals surface area (Å²) in [4.78, 5) is 11.9. The Morgan fingerprint density at radius 3 is 2.76 bits per heavy atom. The Balaban J connectivity index is 1.99. The molecule has 1 amide bonds. The van der Waals surface area contributed by atoms with Crippen LogP contribution in [-0.4, -0.2) is 43.4 Å². The third kappa shape index (κ3) is 2.75. The van der Waals surface area contributed by atoms with Crippen LogP contribution in [0.5, 0.6) is 5.75 Å². The molecule has 2 rings (SSSR count). The summed E-state index contributed by atoms with van der Waals surface area (Å²) in [6.07, 6.45) is 0.0102. The molecular formula is C12H16N2O3. The van der Waals surface area contributed by atoms with Crippen LogP contribution in [0.1, 0.15) is 10.4 Å². The summed E-state index contributed by atoms with van der Waals surface area (Å²) >= 11 is 0. The summed E-state index contributed by atoms with van der Waals surface area (Å²) in [5.74, 6) is -0.000369. The highest BCUT2D eigenvalue weighted by Gasteiger charge is 2.28. The minimum Gasteiger partial charge on any atom is -0.508 e. The maximum Gasteiger partial charge on any atom is 0.251 e. The maximum atomic E-state index is 11.9. The van der Waals surface area contributed by atoms with Crippen molar-refractivity contribution in [2.75, 3.05) is 20.2 Å². The van der Waals surface area contributed by atoms with Gasteiger partial charge >= 0.3 is 0 Å². The average molecular weight is 236 g/mol. The molecule has 1 heterocycles. The SMILES string of the molecule is CO[C@H]1CNCC1NC(=O)c1ccc(O)cc1. The molecule has 1 aliphatic rings. The molecule has 92 valence electrons. The zero-order valence-corrected chi connectivity index (χ0v) is 9.64. The molecule has 3 N–H and O–H groups in total. The van der Waals surface area contributed by atoms with E-state index in [1.807, 2.05) is 0 Å². The molecule has 0 aromatic heterocycles. The predicted octanol–water partition coefficient (Wildman–Crippen LogP) is 0.109. The number of phenolic OH excluding ortho intramolecular Hbond substituents is 1. The summed E-state index contributed by atoms with van der Waals surface area (Å²) in [7, 11) is 1.64. The third-order valence-electron chi connectivity index (χ3n) is 2.91. The molecular weight excluding hydrogens is 220 g/mol. The van der Waals surface area contributed by atoms with Gasteiger partial charge in [0.25, 0.3) is 5.91 Å². The zero-order valence-electron chi connectivity index (χ0n) is 9.64. The number of hydrogen-bond acceptors (Lipinski definition) is 4. The minimum absolute atomic E-state index is 0.0102. The van der Waals surface area contributed by atoms with E-state index in [0.29, 0.717) is 12.1 Å². The van der Waals surface area contributed by atoms with Gasteiger partial charge in [-0.3, -0.25) is 4.79 Å². The van der Waals surface area contributed by atoms with Crippen molar-refractivity contribution >= 4 is 5.91 Å². The van der Waals surface area contributed by atoms with E-state index in [1.165, 1.54) is 12.1 Å². The van der Waals surface area contributed by atoms with Gasteiger partial charge in [-0.15, -0.1) is 0 Å². The number of aromatic hydroxyl groups is 1. The van der Waals surface area contributed by atoms with Crippen molar-refractivity contribution in [1.82, 2.24) is 10.6 Å². The van der Waals surface area contributed by atoms with E-state index < -0.39 is 0 Å². The molecule has 5 heteroatoms. The molecule has 1 fully saturated rings. The molecule has 0 spiro atoms. The van der Waals surface area contributed by atoms with Gasteiger partial charge in [0.15, 0.2) is 0 Å². The minimum atomic E-state index is -0.152. The van der Waals surface area contributed by atoms with Crippen LogP contribution >= 0.6 is 0 Å². The lowest BCUT2D eigenvalue weighted by Crippen LogP contribution is -2.43. The van der Waals surface area contributed by atoms with Gasteiger partial charge in [-0.1, -0.05) is 0 Å². The molecule has 1 aliphatic heterocycles. The lowest BCUT2D eigenvalue weighted by atomic mass is 10.1. The van der Waals surface area contributed by atoms with E-state index in [1.54, 1.807) is 19.2 Å². The quantitative estimate of drug-likeness (QED) is 0.696. The predicted molar refractivity (Wildman–Crippen MR) is 63.0 cm³/mol. The summed E-state index contributed by atoms with van der Waals surface area (Å²) in [5, 5.41) is 15.2.